The van der Waals surface area contributed by atoms with Crippen molar-refractivity contribution >= 4 is 27.7 Å². The van der Waals surface area contributed by atoms with E-state index >= 15 is 0 Å². The topological polar surface area (TPSA) is 75.7 Å². The van der Waals surface area contributed by atoms with Gasteiger partial charge in [-0.3, -0.25) is 4.79 Å². The van der Waals surface area contributed by atoms with Gasteiger partial charge in [0, 0.05) is 24.5 Å². The minimum atomic E-state index is -3.75. The Balaban J connectivity index is 1.67. The van der Waals surface area contributed by atoms with Crippen LogP contribution >= 0.6 is 11.8 Å². The molecule has 1 saturated heterocycles. The molecule has 0 unspecified atom stereocenters. The SMILES string of the molecule is CSc1ccc(S(=O)(=O)NCCOc2cccc(C)c2)cc1C(=O)N1CCC(C)CC1. The summed E-state index contributed by atoms with van der Waals surface area (Å²) in [5.41, 5.74) is 1.52. The molecule has 0 aromatic heterocycles. The van der Waals surface area contributed by atoms with Gasteiger partial charge in [0.05, 0.1) is 10.5 Å². The van der Waals surface area contributed by atoms with E-state index in [-0.39, 0.29) is 24.0 Å². The zero-order valence-electron chi connectivity index (χ0n) is 18.3. The molecule has 1 aliphatic heterocycles. The summed E-state index contributed by atoms with van der Waals surface area (Å²) >= 11 is 1.45. The Morgan fingerprint density at radius 2 is 1.94 bits per heavy atom. The Labute approximate surface area is 189 Å². The first kappa shape index (κ1) is 23.6. The summed E-state index contributed by atoms with van der Waals surface area (Å²) in [5.74, 6) is 1.21. The zero-order chi connectivity index (χ0) is 22.4. The number of carbonyl (C=O) groups is 1. The molecule has 8 heteroatoms. The molecule has 31 heavy (non-hydrogen) atoms. The number of ether oxygens (including phenoxy) is 1. The quantitative estimate of drug-likeness (QED) is 0.475. The Morgan fingerprint density at radius 3 is 2.61 bits per heavy atom. The van der Waals surface area contributed by atoms with Crippen molar-refractivity contribution in [2.24, 2.45) is 5.92 Å². The summed E-state index contributed by atoms with van der Waals surface area (Å²) in [5, 5.41) is 0. The van der Waals surface area contributed by atoms with E-state index in [1.807, 2.05) is 42.3 Å². The molecule has 1 heterocycles. The summed E-state index contributed by atoms with van der Waals surface area (Å²) < 4.78 is 33.8. The number of carbonyl (C=O) groups excluding carboxylic acids is 1. The maximum atomic E-state index is 13.1. The van der Waals surface area contributed by atoms with Gasteiger partial charge < -0.3 is 9.64 Å². The molecular formula is C23H30N2O4S2. The van der Waals surface area contributed by atoms with Gasteiger partial charge in [-0.2, -0.15) is 0 Å². The fraction of sp³-hybridized carbons (Fsp3) is 0.435. The molecule has 0 radical (unpaired) electrons. The zero-order valence-corrected chi connectivity index (χ0v) is 19.9. The molecular weight excluding hydrogens is 432 g/mol. The molecule has 0 spiro atoms. The largest absolute Gasteiger partial charge is 0.492 e. The third-order valence-electron chi connectivity index (χ3n) is 5.43. The highest BCUT2D eigenvalue weighted by Gasteiger charge is 2.25. The van der Waals surface area contributed by atoms with Crippen molar-refractivity contribution in [1.82, 2.24) is 9.62 Å². The summed E-state index contributed by atoms with van der Waals surface area (Å²) in [6.07, 6.45) is 3.83. The molecule has 0 bridgehead atoms. The van der Waals surface area contributed by atoms with Gasteiger partial charge in [-0.25, -0.2) is 13.1 Å². The maximum absolute atomic E-state index is 13.1. The van der Waals surface area contributed by atoms with Crippen LogP contribution in [0.15, 0.2) is 52.3 Å². The Hall–Kier alpha value is -2.03. The van der Waals surface area contributed by atoms with Crippen LogP contribution in [-0.2, 0) is 10.0 Å². The number of nitrogens with one attached hydrogen (secondary N) is 1. The van der Waals surface area contributed by atoms with Crippen molar-refractivity contribution in [2.75, 3.05) is 32.5 Å². The third kappa shape index (κ3) is 6.24. The lowest BCUT2D eigenvalue weighted by Crippen LogP contribution is -2.38. The Bertz CT molecular complexity index is 1020. The standard InChI is InChI=1S/C23H30N2O4S2/c1-17-9-12-25(13-10-17)23(26)21-16-20(7-8-22(21)30-3)31(27,28)24-11-14-29-19-6-4-5-18(2)15-19/h4-8,15-17,24H,9-14H2,1-3H3. The molecule has 2 aromatic rings. The number of amides is 1. The van der Waals surface area contributed by atoms with Gasteiger partial charge in [-0.15, -0.1) is 11.8 Å². The van der Waals surface area contributed by atoms with Crippen LogP contribution in [-0.4, -0.2) is 51.7 Å². The first-order chi connectivity index (χ1) is 14.8. The average Bonchev–Trinajstić information content (AvgIpc) is 2.76. The van der Waals surface area contributed by atoms with Crippen molar-refractivity contribution in [3.63, 3.8) is 0 Å². The minimum absolute atomic E-state index is 0.0922. The summed E-state index contributed by atoms with van der Waals surface area (Å²) in [6, 6.07) is 12.3. The van der Waals surface area contributed by atoms with E-state index in [4.69, 9.17) is 4.74 Å². The van der Waals surface area contributed by atoms with Gasteiger partial charge in [0.1, 0.15) is 12.4 Å². The van der Waals surface area contributed by atoms with Crippen LogP contribution in [0.1, 0.15) is 35.7 Å². The average molecular weight is 463 g/mol. The molecule has 2 aromatic carbocycles. The molecule has 0 aliphatic carbocycles. The van der Waals surface area contributed by atoms with E-state index < -0.39 is 10.0 Å². The van der Waals surface area contributed by atoms with Crippen molar-refractivity contribution < 1.29 is 17.9 Å². The first-order valence-electron chi connectivity index (χ1n) is 10.5. The number of hydrogen-bond donors (Lipinski definition) is 1. The van der Waals surface area contributed by atoms with Crippen LogP contribution < -0.4 is 9.46 Å². The summed E-state index contributed by atoms with van der Waals surface area (Å²) in [7, 11) is -3.75. The molecule has 1 aliphatic rings. The molecule has 1 amide bonds. The number of benzene rings is 2. The molecule has 1 fully saturated rings. The number of thioether (sulfide) groups is 1. The van der Waals surface area contributed by atoms with E-state index in [2.05, 4.69) is 11.6 Å². The van der Waals surface area contributed by atoms with E-state index in [1.54, 1.807) is 12.1 Å². The van der Waals surface area contributed by atoms with Gasteiger partial charge in [0.2, 0.25) is 10.0 Å². The van der Waals surface area contributed by atoms with E-state index in [0.29, 0.717) is 30.3 Å². The second kappa shape index (κ2) is 10.5. The molecule has 6 nitrogen and oxygen atoms in total. The Kier molecular flexibility index (Phi) is 8.02. The highest BCUT2D eigenvalue weighted by molar-refractivity contribution is 7.98. The van der Waals surface area contributed by atoms with E-state index in [1.165, 1.54) is 17.8 Å². The van der Waals surface area contributed by atoms with E-state index in [9.17, 15) is 13.2 Å². The van der Waals surface area contributed by atoms with Crippen LogP contribution in [0.3, 0.4) is 0 Å². The number of piperidine rings is 1. The summed E-state index contributed by atoms with van der Waals surface area (Å²) in [4.78, 5) is 15.8. The lowest BCUT2D eigenvalue weighted by atomic mass is 9.98. The van der Waals surface area contributed by atoms with Crippen LogP contribution in [0.2, 0.25) is 0 Å². The number of rotatable bonds is 8. The fourth-order valence-corrected chi connectivity index (χ4v) is 5.15. The highest BCUT2D eigenvalue weighted by atomic mass is 32.2. The third-order valence-corrected chi connectivity index (χ3v) is 7.69. The van der Waals surface area contributed by atoms with Crippen molar-refractivity contribution in [2.45, 2.75) is 36.5 Å². The lowest BCUT2D eigenvalue weighted by molar-refractivity contribution is 0.0693. The number of hydrogen-bond acceptors (Lipinski definition) is 5. The number of sulfonamides is 1. The van der Waals surface area contributed by atoms with Crippen molar-refractivity contribution in [1.29, 1.82) is 0 Å². The van der Waals surface area contributed by atoms with Gasteiger partial charge >= 0.3 is 0 Å². The second-order valence-corrected chi connectivity index (χ2v) is 10.5. The molecule has 0 saturated carbocycles. The smallest absolute Gasteiger partial charge is 0.255 e. The highest BCUT2D eigenvalue weighted by Crippen LogP contribution is 2.27. The first-order valence-corrected chi connectivity index (χ1v) is 13.2. The minimum Gasteiger partial charge on any atom is -0.492 e. The number of aryl methyl sites for hydroxylation is 1. The normalized spacial score (nSPS) is 15.1. The lowest BCUT2D eigenvalue weighted by Gasteiger charge is -2.30. The fourth-order valence-electron chi connectivity index (χ4n) is 3.54. The summed E-state index contributed by atoms with van der Waals surface area (Å²) in [6.45, 7) is 5.92. The van der Waals surface area contributed by atoms with Crippen molar-refractivity contribution in [3.8, 4) is 5.75 Å². The Morgan fingerprint density at radius 1 is 1.19 bits per heavy atom. The van der Waals surface area contributed by atoms with Crippen molar-refractivity contribution in [3.05, 3.63) is 53.6 Å². The van der Waals surface area contributed by atoms with Crippen LogP contribution in [0, 0.1) is 12.8 Å². The second-order valence-electron chi connectivity index (χ2n) is 7.90. The van der Waals surface area contributed by atoms with Gasteiger partial charge in [0.25, 0.3) is 5.91 Å². The van der Waals surface area contributed by atoms with Gasteiger partial charge in [0.15, 0.2) is 0 Å². The number of nitrogens with zero attached hydrogens (tertiary/aromatic N) is 1. The monoisotopic (exact) mass is 462 g/mol. The van der Waals surface area contributed by atoms with Crippen LogP contribution in [0.5, 0.6) is 5.75 Å². The molecule has 1 N–H and O–H groups in total. The maximum Gasteiger partial charge on any atom is 0.255 e. The predicted molar refractivity (Wildman–Crippen MR) is 124 cm³/mol. The van der Waals surface area contributed by atoms with Gasteiger partial charge in [-0.05, 0) is 67.8 Å². The molecule has 3 rings (SSSR count). The molecule has 168 valence electrons. The number of likely N-dealkylation sites (tertiary alicyclic amines) is 1. The predicted octanol–water partition coefficient (Wildman–Crippen LogP) is 3.95. The van der Waals surface area contributed by atoms with Crippen LogP contribution in [0.25, 0.3) is 0 Å². The van der Waals surface area contributed by atoms with Crippen LogP contribution in [0.4, 0.5) is 0 Å². The van der Waals surface area contributed by atoms with E-state index in [0.717, 1.165) is 23.3 Å². The molecule has 0 atom stereocenters. The van der Waals surface area contributed by atoms with Gasteiger partial charge in [-0.1, -0.05) is 19.1 Å².